The van der Waals surface area contributed by atoms with E-state index in [1.54, 1.807) is 12.7 Å². The van der Waals surface area contributed by atoms with E-state index in [0.717, 1.165) is 51.4 Å². The number of carbonyl (C=O) groups is 1. The van der Waals surface area contributed by atoms with Crippen molar-refractivity contribution in [1.29, 1.82) is 0 Å². The molecule has 0 amide bonds. The van der Waals surface area contributed by atoms with Crippen molar-refractivity contribution < 1.29 is 19.7 Å². The van der Waals surface area contributed by atoms with Crippen LogP contribution >= 0.6 is 0 Å². The topological polar surface area (TPSA) is 66.8 Å². The van der Waals surface area contributed by atoms with Gasteiger partial charge in [0.1, 0.15) is 0 Å². The molecule has 0 aromatic carbocycles. The van der Waals surface area contributed by atoms with Gasteiger partial charge < -0.3 is 14.9 Å². The van der Waals surface area contributed by atoms with E-state index < -0.39 is 12.1 Å². The lowest BCUT2D eigenvalue weighted by molar-refractivity contribution is -0.237. The van der Waals surface area contributed by atoms with E-state index in [4.69, 9.17) is 4.74 Å². The van der Waals surface area contributed by atoms with E-state index in [1.165, 1.54) is 0 Å². The Balaban J connectivity index is 1.60. The lowest BCUT2D eigenvalue weighted by atomic mass is 9.33. The van der Waals surface area contributed by atoms with Gasteiger partial charge in [0.05, 0.1) is 18.1 Å². The Kier molecular flexibility index (Phi) is 5.76. The average molecular weight is 487 g/mol. The van der Waals surface area contributed by atoms with Crippen LogP contribution in [0.2, 0.25) is 0 Å². The van der Waals surface area contributed by atoms with Crippen LogP contribution in [0.25, 0.3) is 0 Å². The molecule has 5 rings (SSSR count). The molecule has 35 heavy (non-hydrogen) atoms. The second-order valence-corrected chi connectivity index (χ2v) is 15.4. The smallest absolute Gasteiger partial charge is 0.306 e. The van der Waals surface area contributed by atoms with Gasteiger partial charge in [0.15, 0.2) is 0 Å². The number of methoxy groups -OCH3 is 1. The normalized spacial score (nSPS) is 52.3. The zero-order chi connectivity index (χ0) is 25.8. The summed E-state index contributed by atoms with van der Waals surface area (Å²) >= 11 is 0. The highest BCUT2D eigenvalue weighted by atomic mass is 16.5. The van der Waals surface area contributed by atoms with E-state index >= 15 is 0 Å². The maximum atomic E-state index is 12.7. The van der Waals surface area contributed by atoms with Crippen LogP contribution in [0.3, 0.4) is 0 Å². The molecule has 5 aliphatic carbocycles. The summed E-state index contributed by atoms with van der Waals surface area (Å²) in [5.41, 5.74) is 1.73. The third kappa shape index (κ3) is 3.33. The van der Waals surface area contributed by atoms with Crippen LogP contribution in [0.4, 0.5) is 0 Å². The number of hydrogen-bond donors (Lipinski definition) is 2. The first-order valence-electron chi connectivity index (χ1n) is 14.3. The van der Waals surface area contributed by atoms with Crippen LogP contribution in [-0.2, 0) is 9.53 Å². The van der Waals surface area contributed by atoms with Crippen LogP contribution in [-0.4, -0.2) is 35.5 Å². The van der Waals surface area contributed by atoms with Gasteiger partial charge in [-0.15, -0.1) is 0 Å². The van der Waals surface area contributed by atoms with Crippen LogP contribution in [0.5, 0.6) is 0 Å². The van der Waals surface area contributed by atoms with Gasteiger partial charge in [0, 0.05) is 7.11 Å². The summed E-state index contributed by atoms with van der Waals surface area (Å²) in [6, 6.07) is 0. The largest absolute Gasteiger partial charge is 0.481 e. The van der Waals surface area contributed by atoms with Crippen molar-refractivity contribution in [3.05, 3.63) is 11.6 Å². The molecular formula is C31H50O4. The van der Waals surface area contributed by atoms with Gasteiger partial charge in [-0.1, -0.05) is 60.1 Å². The minimum atomic E-state index is -0.581. The first-order chi connectivity index (χ1) is 16.1. The van der Waals surface area contributed by atoms with Gasteiger partial charge in [-0.3, -0.25) is 4.79 Å². The van der Waals surface area contributed by atoms with Crippen LogP contribution in [0, 0.1) is 56.7 Å². The van der Waals surface area contributed by atoms with Crippen molar-refractivity contribution in [3.8, 4) is 0 Å². The SMILES string of the molecule is COC1C(O)CC2(C)C(CCC3(C)C2CC=C2C4CC(C)(C)CCC4C(C(=O)O)CC23C)C1(C)C. The molecule has 4 fully saturated rings. The molecule has 0 aliphatic heterocycles. The number of carboxylic acid groups (broad SMARTS) is 1. The molecule has 0 heterocycles. The molecular weight excluding hydrogens is 436 g/mol. The molecule has 4 heteroatoms. The predicted octanol–water partition coefficient (Wildman–Crippen LogP) is 6.71. The Hall–Kier alpha value is -0.870. The first-order valence-corrected chi connectivity index (χ1v) is 14.3. The molecule has 0 saturated heterocycles. The monoisotopic (exact) mass is 486 g/mol. The van der Waals surface area contributed by atoms with Gasteiger partial charge in [-0.2, -0.15) is 0 Å². The number of fused-ring (bicyclic) bond motifs is 7. The van der Waals surface area contributed by atoms with Crippen LogP contribution < -0.4 is 0 Å². The third-order valence-electron chi connectivity index (χ3n) is 13.0. The second-order valence-electron chi connectivity index (χ2n) is 15.4. The zero-order valence-electron chi connectivity index (χ0n) is 23.5. The number of allylic oxidation sites excluding steroid dienone is 2. The predicted molar refractivity (Wildman–Crippen MR) is 139 cm³/mol. The van der Waals surface area contributed by atoms with Gasteiger partial charge in [-0.25, -0.2) is 0 Å². The van der Waals surface area contributed by atoms with E-state index in [2.05, 4.69) is 54.5 Å². The number of rotatable bonds is 2. The number of ether oxygens (including phenoxy) is 1. The minimum absolute atomic E-state index is 0.0113. The standard InChI is InChI=1S/C31H50O4/c1-27(2)13-11-18-19(15-27)21-9-10-24-29(5)17-22(32)25(35-8)28(3,4)23(29)12-14-30(24,6)31(21,7)16-20(18)26(33)34/h9,18-20,22-25,32H,10-17H2,1-8H3,(H,33,34). The maximum absolute atomic E-state index is 12.7. The molecule has 4 saturated carbocycles. The molecule has 198 valence electrons. The highest BCUT2D eigenvalue weighted by Crippen LogP contribution is 2.75. The summed E-state index contributed by atoms with van der Waals surface area (Å²) < 4.78 is 5.87. The van der Waals surface area contributed by atoms with E-state index in [1.807, 2.05) is 0 Å². The number of aliphatic carboxylic acids is 1. The van der Waals surface area contributed by atoms with Crippen LogP contribution in [0.1, 0.15) is 99.8 Å². The molecule has 10 unspecified atom stereocenters. The van der Waals surface area contributed by atoms with Crippen molar-refractivity contribution in [3.63, 3.8) is 0 Å². The maximum Gasteiger partial charge on any atom is 0.306 e. The Morgan fingerprint density at radius 1 is 0.971 bits per heavy atom. The van der Waals surface area contributed by atoms with Crippen molar-refractivity contribution in [2.24, 2.45) is 56.7 Å². The number of aliphatic hydroxyl groups is 1. The average Bonchev–Trinajstić information content (AvgIpc) is 2.72. The molecule has 0 bridgehead atoms. The summed E-state index contributed by atoms with van der Waals surface area (Å²) in [7, 11) is 1.75. The van der Waals surface area contributed by atoms with Gasteiger partial charge in [-0.05, 0) is 102 Å². The number of carboxylic acids is 1. The fourth-order valence-electron chi connectivity index (χ4n) is 11.3. The minimum Gasteiger partial charge on any atom is -0.481 e. The second kappa shape index (κ2) is 7.82. The molecule has 2 N–H and O–H groups in total. The van der Waals surface area contributed by atoms with Gasteiger partial charge in [0.2, 0.25) is 0 Å². The fraction of sp³-hybridized carbons (Fsp3) is 0.903. The molecule has 0 aromatic heterocycles. The molecule has 4 nitrogen and oxygen atoms in total. The highest BCUT2D eigenvalue weighted by molar-refractivity contribution is 5.71. The van der Waals surface area contributed by atoms with Gasteiger partial charge >= 0.3 is 5.97 Å². The molecule has 0 spiro atoms. The van der Waals surface area contributed by atoms with E-state index in [9.17, 15) is 15.0 Å². The Morgan fingerprint density at radius 3 is 2.29 bits per heavy atom. The Morgan fingerprint density at radius 2 is 1.66 bits per heavy atom. The van der Waals surface area contributed by atoms with E-state index in [0.29, 0.717) is 17.8 Å². The Bertz CT molecular complexity index is 919. The summed E-state index contributed by atoms with van der Waals surface area (Å²) in [6.07, 6.45) is 10.2. The van der Waals surface area contributed by atoms with E-state index in [-0.39, 0.29) is 45.0 Å². The highest BCUT2D eigenvalue weighted by Gasteiger charge is 2.69. The van der Waals surface area contributed by atoms with Gasteiger partial charge in [0.25, 0.3) is 0 Å². The van der Waals surface area contributed by atoms with Crippen molar-refractivity contribution in [1.82, 2.24) is 0 Å². The lowest BCUT2D eigenvalue weighted by Gasteiger charge is -2.71. The summed E-state index contributed by atoms with van der Waals surface area (Å²) in [5.74, 6) is 0.781. The summed E-state index contributed by atoms with van der Waals surface area (Å²) in [4.78, 5) is 12.7. The Labute approximate surface area is 213 Å². The molecule has 5 aliphatic rings. The summed E-state index contributed by atoms with van der Waals surface area (Å²) in [5, 5.41) is 21.7. The first kappa shape index (κ1) is 25.8. The molecule has 0 radical (unpaired) electrons. The third-order valence-corrected chi connectivity index (χ3v) is 13.0. The van der Waals surface area contributed by atoms with Crippen LogP contribution in [0.15, 0.2) is 11.6 Å². The van der Waals surface area contributed by atoms with Crippen molar-refractivity contribution in [2.75, 3.05) is 7.11 Å². The zero-order valence-corrected chi connectivity index (χ0v) is 23.5. The van der Waals surface area contributed by atoms with Crippen molar-refractivity contribution >= 4 is 5.97 Å². The molecule has 10 atom stereocenters. The number of aliphatic hydroxyl groups excluding tert-OH is 1. The number of hydrogen-bond acceptors (Lipinski definition) is 3. The quantitative estimate of drug-likeness (QED) is 0.426. The van der Waals surface area contributed by atoms with Crippen molar-refractivity contribution in [2.45, 2.75) is 112 Å². The molecule has 0 aromatic rings. The lowest BCUT2D eigenvalue weighted by Crippen LogP contribution is -2.67. The summed E-state index contributed by atoms with van der Waals surface area (Å²) in [6.45, 7) is 16.7. The fourth-order valence-corrected chi connectivity index (χ4v) is 11.3.